The minimum atomic E-state index is -0.171. The summed E-state index contributed by atoms with van der Waals surface area (Å²) in [5, 5.41) is 0. The van der Waals surface area contributed by atoms with Crippen LogP contribution >= 0.6 is 0 Å². The van der Waals surface area contributed by atoms with Crippen molar-refractivity contribution in [2.24, 2.45) is 0 Å². The molecule has 0 aromatic rings. The Morgan fingerprint density at radius 2 is 1.85 bits per heavy atom. The molecule has 74 valence electrons. The van der Waals surface area contributed by atoms with Crippen LogP contribution in [0.2, 0.25) is 0 Å². The van der Waals surface area contributed by atoms with Gasteiger partial charge >= 0.3 is 0 Å². The van der Waals surface area contributed by atoms with E-state index in [-0.39, 0.29) is 26.0 Å². The number of hydrogen-bond donors (Lipinski definition) is 0. The highest BCUT2D eigenvalue weighted by atomic mass is 16.7. The predicted molar refractivity (Wildman–Crippen MR) is 48.1 cm³/mol. The average Bonchev–Trinajstić information content (AvgIpc) is 2.16. The molecule has 4 heteroatoms. The summed E-state index contributed by atoms with van der Waals surface area (Å²) in [6, 6.07) is 0. The fraction of sp³-hybridized carbons (Fsp3) is 0.444. The minimum Gasteiger partial charge on any atom is -0.351 e. The molecule has 0 spiro atoms. The highest BCUT2D eigenvalue weighted by Crippen LogP contribution is 1.82. The molecule has 0 aliphatic heterocycles. The van der Waals surface area contributed by atoms with Gasteiger partial charge in [0.25, 0.3) is 0 Å². The lowest BCUT2D eigenvalue weighted by Crippen LogP contribution is -2.10. The highest BCUT2D eigenvalue weighted by molar-refractivity contribution is 5.90. The van der Waals surface area contributed by atoms with Crippen LogP contribution in [0, 0.1) is 0 Å². The second-order valence-corrected chi connectivity index (χ2v) is 2.12. The maximum Gasteiger partial charge on any atom is 0.180 e. The van der Waals surface area contributed by atoms with Crippen LogP contribution in [-0.4, -0.2) is 32.6 Å². The highest BCUT2D eigenvalue weighted by Gasteiger charge is 1.94. The summed E-state index contributed by atoms with van der Waals surface area (Å²) in [5.41, 5.74) is 0. The average molecular weight is 186 g/mol. The maximum atomic E-state index is 10.6. The van der Waals surface area contributed by atoms with Crippen molar-refractivity contribution in [2.75, 3.05) is 26.8 Å². The molecule has 0 heterocycles. The summed E-state index contributed by atoms with van der Waals surface area (Å²) in [4.78, 5) is 10.6. The lowest BCUT2D eigenvalue weighted by molar-refractivity contribution is -0.140. The van der Waals surface area contributed by atoms with E-state index in [4.69, 9.17) is 14.2 Å². The Balaban J connectivity index is 3.03. The number of carbonyl (C=O) groups excluding carboxylic acids is 1. The second kappa shape index (κ2) is 9.12. The van der Waals surface area contributed by atoms with E-state index >= 15 is 0 Å². The third-order valence-corrected chi connectivity index (χ3v) is 1.04. The van der Waals surface area contributed by atoms with Crippen molar-refractivity contribution in [3.05, 3.63) is 25.3 Å². The summed E-state index contributed by atoms with van der Waals surface area (Å²) in [6.45, 7) is 7.35. The van der Waals surface area contributed by atoms with Gasteiger partial charge in [-0.05, 0) is 6.08 Å². The van der Waals surface area contributed by atoms with Gasteiger partial charge in [-0.3, -0.25) is 4.79 Å². The van der Waals surface area contributed by atoms with Gasteiger partial charge in [-0.25, -0.2) is 0 Å². The van der Waals surface area contributed by atoms with Crippen molar-refractivity contribution in [1.82, 2.24) is 0 Å². The van der Waals surface area contributed by atoms with Crippen molar-refractivity contribution in [3.63, 3.8) is 0 Å². The summed E-state index contributed by atoms with van der Waals surface area (Å²) in [7, 11) is 0. The Kier molecular flexibility index (Phi) is 8.44. The first-order valence-corrected chi connectivity index (χ1v) is 3.80. The van der Waals surface area contributed by atoms with Gasteiger partial charge in [-0.1, -0.05) is 12.7 Å². The van der Waals surface area contributed by atoms with E-state index < -0.39 is 0 Å². The monoisotopic (exact) mass is 186 g/mol. The molecule has 0 atom stereocenters. The molecule has 13 heavy (non-hydrogen) atoms. The van der Waals surface area contributed by atoms with Crippen molar-refractivity contribution >= 4 is 5.78 Å². The lowest BCUT2D eigenvalue weighted by Gasteiger charge is -2.03. The summed E-state index contributed by atoms with van der Waals surface area (Å²) < 4.78 is 14.6. The van der Waals surface area contributed by atoms with E-state index in [0.717, 1.165) is 0 Å². The Morgan fingerprint density at radius 1 is 1.15 bits per heavy atom. The quantitative estimate of drug-likeness (QED) is 0.232. The lowest BCUT2D eigenvalue weighted by atomic mass is 10.4. The second-order valence-electron chi connectivity index (χ2n) is 2.12. The fourth-order valence-electron chi connectivity index (χ4n) is 0.485. The smallest absolute Gasteiger partial charge is 0.180 e. The minimum absolute atomic E-state index is 0.00897. The van der Waals surface area contributed by atoms with Crippen LogP contribution in [0.4, 0.5) is 0 Å². The molecule has 0 amide bonds. The van der Waals surface area contributed by atoms with Crippen LogP contribution < -0.4 is 0 Å². The molecule has 0 aromatic heterocycles. The number of carbonyl (C=O) groups is 1. The number of hydrogen-bond acceptors (Lipinski definition) is 4. The van der Waals surface area contributed by atoms with Gasteiger partial charge in [0, 0.05) is 0 Å². The molecular weight excluding hydrogens is 172 g/mol. The third-order valence-electron chi connectivity index (χ3n) is 1.04. The third kappa shape index (κ3) is 8.94. The molecule has 4 nitrogen and oxygen atoms in total. The molecule has 0 N–H and O–H groups in total. The molecule has 0 radical (unpaired) electrons. The van der Waals surface area contributed by atoms with Crippen LogP contribution in [0.1, 0.15) is 0 Å². The van der Waals surface area contributed by atoms with Crippen molar-refractivity contribution in [3.8, 4) is 0 Å². The van der Waals surface area contributed by atoms with Crippen LogP contribution in [0.5, 0.6) is 0 Å². The van der Waals surface area contributed by atoms with E-state index in [0.29, 0.717) is 6.61 Å². The first-order valence-electron chi connectivity index (χ1n) is 3.80. The van der Waals surface area contributed by atoms with Crippen LogP contribution in [0.25, 0.3) is 0 Å². The molecular formula is C9H14O4. The summed E-state index contributed by atoms with van der Waals surface area (Å²) in [5.74, 6) is -0.171. The Hall–Kier alpha value is -0.970. The maximum absolute atomic E-state index is 10.6. The normalized spacial score (nSPS) is 9.54. The van der Waals surface area contributed by atoms with Gasteiger partial charge in [0.15, 0.2) is 5.78 Å². The Labute approximate surface area is 77.8 Å². The van der Waals surface area contributed by atoms with Gasteiger partial charge in [0.1, 0.15) is 20.2 Å². The topological polar surface area (TPSA) is 44.8 Å². The van der Waals surface area contributed by atoms with Gasteiger partial charge in [0.2, 0.25) is 0 Å². The van der Waals surface area contributed by atoms with Gasteiger partial charge in [0.05, 0.1) is 6.61 Å². The zero-order chi connectivity index (χ0) is 9.94. The van der Waals surface area contributed by atoms with Crippen molar-refractivity contribution in [1.29, 1.82) is 0 Å². The van der Waals surface area contributed by atoms with Crippen molar-refractivity contribution in [2.45, 2.75) is 0 Å². The van der Waals surface area contributed by atoms with Crippen molar-refractivity contribution < 1.29 is 19.0 Å². The molecule has 0 saturated carbocycles. The van der Waals surface area contributed by atoms with E-state index in [1.165, 1.54) is 6.08 Å². The molecule has 0 aliphatic carbocycles. The van der Waals surface area contributed by atoms with Crippen LogP contribution in [-0.2, 0) is 19.0 Å². The van der Waals surface area contributed by atoms with Gasteiger partial charge in [-0.15, -0.1) is 6.58 Å². The SMILES string of the molecule is C=CCOCOCOCC(=O)C=C. The zero-order valence-electron chi connectivity index (χ0n) is 7.53. The Bertz CT molecular complexity index is 165. The predicted octanol–water partition coefficient (Wildman–Crippen LogP) is 0.892. The number of rotatable bonds is 9. The van der Waals surface area contributed by atoms with Crippen LogP contribution in [0.15, 0.2) is 25.3 Å². The van der Waals surface area contributed by atoms with E-state index in [2.05, 4.69) is 13.2 Å². The van der Waals surface area contributed by atoms with E-state index in [1.807, 2.05) is 0 Å². The fourth-order valence-corrected chi connectivity index (χ4v) is 0.485. The van der Waals surface area contributed by atoms with E-state index in [1.54, 1.807) is 6.08 Å². The molecule has 0 saturated heterocycles. The van der Waals surface area contributed by atoms with Crippen LogP contribution in [0.3, 0.4) is 0 Å². The summed E-state index contributed by atoms with van der Waals surface area (Å²) >= 11 is 0. The Morgan fingerprint density at radius 3 is 2.46 bits per heavy atom. The van der Waals surface area contributed by atoms with Gasteiger partial charge in [-0.2, -0.15) is 0 Å². The molecule has 0 bridgehead atoms. The first kappa shape index (κ1) is 12.0. The molecule has 0 unspecified atom stereocenters. The molecule has 0 aliphatic rings. The standard InChI is InChI=1S/C9H14O4/c1-3-5-11-7-13-8-12-6-9(10)4-2/h3-4H,1-2,5-8H2. The first-order chi connectivity index (χ1) is 6.31. The number of ether oxygens (including phenoxy) is 3. The zero-order valence-corrected chi connectivity index (χ0v) is 7.53. The van der Waals surface area contributed by atoms with E-state index in [9.17, 15) is 4.79 Å². The molecule has 0 rings (SSSR count). The van der Waals surface area contributed by atoms with Gasteiger partial charge < -0.3 is 14.2 Å². The molecule has 0 aromatic carbocycles. The molecule has 0 fully saturated rings. The summed E-state index contributed by atoms with van der Waals surface area (Å²) in [6.07, 6.45) is 2.82. The largest absolute Gasteiger partial charge is 0.351 e. The number of ketones is 1.